The van der Waals surface area contributed by atoms with E-state index >= 15 is 0 Å². The molecule has 3 rings (SSSR count). The van der Waals surface area contributed by atoms with Crippen LogP contribution in [0.1, 0.15) is 35.2 Å². The van der Waals surface area contributed by atoms with Gasteiger partial charge in [0.25, 0.3) is 0 Å². The molecule has 0 saturated heterocycles. The lowest BCUT2D eigenvalue weighted by molar-refractivity contribution is 0.134. The maximum atomic E-state index is 14.1. The zero-order valence-corrected chi connectivity index (χ0v) is 11.8. The van der Waals surface area contributed by atoms with E-state index < -0.39 is 11.6 Å². The maximum Gasteiger partial charge on any atom is 0.128 e. The highest BCUT2D eigenvalue weighted by Crippen LogP contribution is 2.29. The molecule has 4 heteroatoms. The van der Waals surface area contributed by atoms with Gasteiger partial charge in [0.2, 0.25) is 0 Å². The fraction of sp³-hybridized carbons (Fsp3) is 0.294. The number of halogens is 2. The third-order valence-corrected chi connectivity index (χ3v) is 3.76. The summed E-state index contributed by atoms with van der Waals surface area (Å²) in [7, 11) is 0. The minimum atomic E-state index is -0.432. The number of hydrogen-bond donors (Lipinski definition) is 1. The second kappa shape index (κ2) is 5.92. The summed E-state index contributed by atoms with van der Waals surface area (Å²) < 4.78 is 32.9. The van der Waals surface area contributed by atoms with Gasteiger partial charge in [-0.25, -0.2) is 8.78 Å². The van der Waals surface area contributed by atoms with Crippen LogP contribution in [0.25, 0.3) is 0 Å². The summed E-state index contributed by atoms with van der Waals surface area (Å²) in [6.45, 7) is 3.80. The van der Waals surface area contributed by atoms with Crippen molar-refractivity contribution in [3.8, 4) is 0 Å². The zero-order valence-electron chi connectivity index (χ0n) is 11.8. The van der Waals surface area contributed by atoms with Crippen molar-refractivity contribution in [2.24, 2.45) is 0 Å². The van der Waals surface area contributed by atoms with Crippen LogP contribution in [0.4, 0.5) is 8.78 Å². The van der Waals surface area contributed by atoms with Gasteiger partial charge < -0.3 is 10.1 Å². The fourth-order valence-corrected chi connectivity index (χ4v) is 2.72. The molecule has 2 aromatic rings. The van der Waals surface area contributed by atoms with Crippen molar-refractivity contribution in [3.63, 3.8) is 0 Å². The van der Waals surface area contributed by atoms with Crippen molar-refractivity contribution >= 4 is 0 Å². The monoisotopic (exact) mass is 289 g/mol. The summed E-state index contributed by atoms with van der Waals surface area (Å²) in [5.41, 5.74) is 3.53. The maximum absolute atomic E-state index is 14.1. The van der Waals surface area contributed by atoms with Crippen LogP contribution in [0.2, 0.25) is 0 Å². The third-order valence-electron chi connectivity index (χ3n) is 3.76. The van der Waals surface area contributed by atoms with Gasteiger partial charge in [0.1, 0.15) is 11.6 Å². The van der Waals surface area contributed by atoms with Crippen LogP contribution in [-0.4, -0.2) is 6.54 Å². The Morgan fingerprint density at radius 2 is 1.90 bits per heavy atom. The van der Waals surface area contributed by atoms with Gasteiger partial charge in [0.05, 0.1) is 19.3 Å². The molecular weight excluding hydrogens is 272 g/mol. The molecule has 21 heavy (non-hydrogen) atoms. The molecule has 0 aromatic heterocycles. The summed E-state index contributed by atoms with van der Waals surface area (Å²) in [4.78, 5) is 0. The van der Waals surface area contributed by atoms with Crippen molar-refractivity contribution in [3.05, 3.63) is 70.3 Å². The molecule has 0 amide bonds. The second-order valence-corrected chi connectivity index (χ2v) is 5.18. The van der Waals surface area contributed by atoms with Crippen molar-refractivity contribution < 1.29 is 13.5 Å². The molecule has 0 aliphatic carbocycles. The van der Waals surface area contributed by atoms with Gasteiger partial charge in [-0.2, -0.15) is 0 Å². The molecule has 1 heterocycles. The minimum Gasteiger partial charge on any atom is -0.372 e. The molecular formula is C17H17F2NO. The number of rotatable bonds is 4. The van der Waals surface area contributed by atoms with E-state index in [0.717, 1.165) is 22.8 Å². The molecule has 0 saturated carbocycles. The summed E-state index contributed by atoms with van der Waals surface area (Å²) in [5, 5.41) is 3.23. The van der Waals surface area contributed by atoms with E-state index in [1.165, 1.54) is 12.1 Å². The molecule has 1 unspecified atom stereocenters. The molecule has 1 aliphatic heterocycles. The predicted molar refractivity (Wildman–Crippen MR) is 76.8 cm³/mol. The standard InChI is InChI=1S/C17H17F2NO/c1-2-20-17(15-8-14(18)5-6-16(15)19)11-3-4-12-9-21-10-13(12)7-11/h3-8,17,20H,2,9-10H2,1H3. The molecule has 2 nitrogen and oxygen atoms in total. The number of hydrogen-bond acceptors (Lipinski definition) is 2. The van der Waals surface area contributed by atoms with Crippen LogP contribution in [0.15, 0.2) is 36.4 Å². The molecule has 1 atom stereocenters. The fourth-order valence-electron chi connectivity index (χ4n) is 2.72. The molecule has 0 spiro atoms. The van der Waals surface area contributed by atoms with Crippen molar-refractivity contribution in [1.29, 1.82) is 0 Å². The number of nitrogens with one attached hydrogen (secondary N) is 1. The van der Waals surface area contributed by atoms with Crippen molar-refractivity contribution in [1.82, 2.24) is 5.32 Å². The molecule has 110 valence electrons. The van der Waals surface area contributed by atoms with Crippen LogP contribution < -0.4 is 5.32 Å². The molecule has 0 radical (unpaired) electrons. The predicted octanol–water partition coefficient (Wildman–Crippen LogP) is 3.69. The van der Waals surface area contributed by atoms with Gasteiger partial charge in [-0.15, -0.1) is 0 Å². The van der Waals surface area contributed by atoms with Gasteiger partial charge in [0.15, 0.2) is 0 Å². The van der Waals surface area contributed by atoms with Crippen LogP contribution in [-0.2, 0) is 18.0 Å². The molecule has 1 aliphatic rings. The van der Waals surface area contributed by atoms with Gasteiger partial charge >= 0.3 is 0 Å². The number of fused-ring (bicyclic) bond motifs is 1. The van der Waals surface area contributed by atoms with E-state index in [0.29, 0.717) is 25.3 Å². The van der Waals surface area contributed by atoms with E-state index in [4.69, 9.17) is 4.74 Å². The minimum absolute atomic E-state index is 0.329. The van der Waals surface area contributed by atoms with Gasteiger partial charge in [-0.1, -0.05) is 25.1 Å². The Balaban J connectivity index is 2.03. The Bertz CT molecular complexity index is 657. The number of ether oxygens (including phenoxy) is 1. The SMILES string of the molecule is CCNC(c1ccc2c(c1)COC2)c1cc(F)ccc1F. The number of benzene rings is 2. The zero-order chi connectivity index (χ0) is 14.8. The third kappa shape index (κ3) is 2.82. The average molecular weight is 289 g/mol. The van der Waals surface area contributed by atoms with Crippen LogP contribution in [0.5, 0.6) is 0 Å². The highest BCUT2D eigenvalue weighted by molar-refractivity contribution is 5.39. The van der Waals surface area contributed by atoms with E-state index in [-0.39, 0.29) is 6.04 Å². The highest BCUT2D eigenvalue weighted by atomic mass is 19.1. The van der Waals surface area contributed by atoms with Gasteiger partial charge in [0, 0.05) is 5.56 Å². The first kappa shape index (κ1) is 14.2. The molecule has 1 N–H and O–H groups in total. The lowest BCUT2D eigenvalue weighted by Gasteiger charge is -2.20. The topological polar surface area (TPSA) is 21.3 Å². The summed E-state index contributed by atoms with van der Waals surface area (Å²) >= 11 is 0. The second-order valence-electron chi connectivity index (χ2n) is 5.18. The quantitative estimate of drug-likeness (QED) is 0.926. The summed E-state index contributed by atoms with van der Waals surface area (Å²) in [5.74, 6) is -0.835. The lowest BCUT2D eigenvalue weighted by atomic mass is 9.95. The Hall–Kier alpha value is -1.78. The normalized spacial score (nSPS) is 15.0. The van der Waals surface area contributed by atoms with Gasteiger partial charge in [-0.3, -0.25) is 0 Å². The molecule has 0 bridgehead atoms. The van der Waals surface area contributed by atoms with Crippen LogP contribution in [0.3, 0.4) is 0 Å². The Labute approximate surface area is 122 Å². The van der Waals surface area contributed by atoms with E-state index in [2.05, 4.69) is 5.32 Å². The molecule has 2 aromatic carbocycles. The Morgan fingerprint density at radius 3 is 2.71 bits per heavy atom. The smallest absolute Gasteiger partial charge is 0.128 e. The van der Waals surface area contributed by atoms with Crippen molar-refractivity contribution in [2.75, 3.05) is 6.54 Å². The first-order valence-electron chi connectivity index (χ1n) is 7.07. The van der Waals surface area contributed by atoms with E-state index in [1.54, 1.807) is 0 Å². The van der Waals surface area contributed by atoms with Crippen LogP contribution >= 0.6 is 0 Å². The average Bonchev–Trinajstić information content (AvgIpc) is 2.95. The van der Waals surface area contributed by atoms with E-state index in [1.807, 2.05) is 25.1 Å². The first-order chi connectivity index (χ1) is 10.2. The summed E-state index contributed by atoms with van der Waals surface area (Å²) in [6.07, 6.45) is 0. The van der Waals surface area contributed by atoms with Gasteiger partial charge in [-0.05, 0) is 41.4 Å². The van der Waals surface area contributed by atoms with Crippen molar-refractivity contribution in [2.45, 2.75) is 26.2 Å². The Morgan fingerprint density at radius 1 is 1.10 bits per heavy atom. The first-order valence-corrected chi connectivity index (χ1v) is 7.07. The van der Waals surface area contributed by atoms with Crippen LogP contribution in [0, 0.1) is 11.6 Å². The Kier molecular flexibility index (Phi) is 3.99. The lowest BCUT2D eigenvalue weighted by Crippen LogP contribution is -2.23. The summed E-state index contributed by atoms with van der Waals surface area (Å²) in [6, 6.07) is 9.16. The largest absolute Gasteiger partial charge is 0.372 e. The highest BCUT2D eigenvalue weighted by Gasteiger charge is 2.20. The van der Waals surface area contributed by atoms with E-state index in [9.17, 15) is 8.78 Å². The molecule has 0 fully saturated rings.